The van der Waals surface area contributed by atoms with E-state index in [0.29, 0.717) is 11.8 Å². The maximum atomic E-state index is 3.84. The van der Waals surface area contributed by atoms with Gasteiger partial charge in [0.2, 0.25) is 0 Å². The first-order valence-corrected chi connectivity index (χ1v) is 11.7. The third kappa shape index (κ3) is 2.06. The number of benzene rings is 3. The van der Waals surface area contributed by atoms with Crippen molar-refractivity contribution in [1.29, 1.82) is 0 Å². The lowest BCUT2D eigenvalue weighted by Gasteiger charge is -2.53. The molecule has 5 aromatic rings. The lowest BCUT2D eigenvalue weighted by Crippen LogP contribution is -2.48. The van der Waals surface area contributed by atoms with Gasteiger partial charge in [0, 0.05) is 44.4 Å². The van der Waals surface area contributed by atoms with E-state index in [4.69, 9.17) is 0 Å². The summed E-state index contributed by atoms with van der Waals surface area (Å²) in [4.78, 5) is 7.64. The number of H-pyrrole nitrogens is 2. The SMILES string of the molecule is CC1(C)c2c(ccc3c2[nH]c2ccccc23)C(C)(C)C2c3[nH]c4ccccc4c3C=CC21. The maximum absolute atomic E-state index is 3.84. The van der Waals surface area contributed by atoms with Gasteiger partial charge in [-0.15, -0.1) is 0 Å². The molecule has 0 bridgehead atoms. The molecule has 2 aliphatic rings. The molecule has 158 valence electrons. The van der Waals surface area contributed by atoms with Crippen LogP contribution in [-0.4, -0.2) is 9.97 Å². The Hall–Kier alpha value is -3.26. The van der Waals surface area contributed by atoms with Crippen LogP contribution in [-0.2, 0) is 10.8 Å². The fourth-order valence-corrected chi connectivity index (χ4v) is 7.03. The molecule has 0 saturated heterocycles. The van der Waals surface area contributed by atoms with E-state index < -0.39 is 0 Å². The Morgan fingerprint density at radius 2 is 1.38 bits per heavy atom. The van der Waals surface area contributed by atoms with Crippen molar-refractivity contribution in [3.63, 3.8) is 0 Å². The molecule has 0 amide bonds. The minimum absolute atomic E-state index is 0.00138. The standard InChI is InChI=1S/C30H28N2/c1-29(2)21-15-13-20-18-10-6-8-12-24(18)32-28(20)26(21)30(3,4)22-16-14-19-17-9-5-7-11-23(17)31-27(19)25(22)29/h5-16,21,26,31-32H,1-4H3. The van der Waals surface area contributed by atoms with E-state index in [0.717, 1.165) is 0 Å². The van der Waals surface area contributed by atoms with Crippen LogP contribution in [0.25, 0.3) is 38.8 Å². The van der Waals surface area contributed by atoms with Crippen molar-refractivity contribution in [3.05, 3.63) is 89.1 Å². The summed E-state index contributed by atoms with van der Waals surface area (Å²) in [7, 11) is 0. The molecule has 2 N–H and O–H groups in total. The molecule has 0 spiro atoms. The van der Waals surface area contributed by atoms with E-state index in [2.05, 4.69) is 110 Å². The molecule has 0 radical (unpaired) electrons. The summed E-state index contributed by atoms with van der Waals surface area (Å²) in [6, 6.07) is 22.2. The van der Waals surface area contributed by atoms with E-state index in [-0.39, 0.29) is 10.8 Å². The largest absolute Gasteiger partial charge is 0.358 e. The Balaban J connectivity index is 1.56. The van der Waals surface area contributed by atoms with Crippen LogP contribution in [0, 0.1) is 5.92 Å². The number of nitrogens with one attached hydrogen (secondary N) is 2. The second kappa shape index (κ2) is 5.75. The molecular formula is C30H28N2. The van der Waals surface area contributed by atoms with Crippen LogP contribution in [0.15, 0.2) is 66.7 Å². The predicted molar refractivity (Wildman–Crippen MR) is 135 cm³/mol. The fourth-order valence-electron chi connectivity index (χ4n) is 7.03. The molecule has 2 nitrogen and oxygen atoms in total. The number of rotatable bonds is 0. The van der Waals surface area contributed by atoms with Crippen molar-refractivity contribution in [3.8, 4) is 0 Å². The molecule has 2 heteroatoms. The molecule has 0 saturated carbocycles. The topological polar surface area (TPSA) is 31.6 Å². The Labute approximate surface area is 188 Å². The van der Waals surface area contributed by atoms with Gasteiger partial charge >= 0.3 is 0 Å². The average molecular weight is 417 g/mol. The van der Waals surface area contributed by atoms with Crippen molar-refractivity contribution in [2.24, 2.45) is 5.92 Å². The quantitative estimate of drug-likeness (QED) is 0.258. The van der Waals surface area contributed by atoms with Crippen molar-refractivity contribution in [2.45, 2.75) is 44.4 Å². The zero-order valence-corrected chi connectivity index (χ0v) is 19.1. The van der Waals surface area contributed by atoms with Crippen molar-refractivity contribution < 1.29 is 0 Å². The molecule has 2 aliphatic carbocycles. The summed E-state index contributed by atoms with van der Waals surface area (Å²) in [5, 5.41) is 3.99. The highest BCUT2D eigenvalue weighted by Gasteiger charge is 2.53. The van der Waals surface area contributed by atoms with Crippen LogP contribution in [0.2, 0.25) is 0 Å². The van der Waals surface area contributed by atoms with Gasteiger partial charge in [0.1, 0.15) is 0 Å². The highest BCUT2D eigenvalue weighted by Crippen LogP contribution is 2.60. The Morgan fingerprint density at radius 1 is 0.688 bits per heavy atom. The predicted octanol–water partition coefficient (Wildman–Crippen LogP) is 7.80. The van der Waals surface area contributed by atoms with Gasteiger partial charge in [-0.3, -0.25) is 0 Å². The molecule has 0 aliphatic heterocycles. The lowest BCUT2D eigenvalue weighted by atomic mass is 9.50. The van der Waals surface area contributed by atoms with Crippen LogP contribution >= 0.6 is 0 Å². The Kier molecular flexibility index (Phi) is 3.29. The van der Waals surface area contributed by atoms with Gasteiger partial charge in [0.25, 0.3) is 0 Å². The second-order valence-corrected chi connectivity index (χ2v) is 10.9. The van der Waals surface area contributed by atoms with Crippen molar-refractivity contribution in [1.82, 2.24) is 9.97 Å². The molecule has 0 fully saturated rings. The molecule has 3 aromatic carbocycles. The highest BCUT2D eigenvalue weighted by molar-refractivity contribution is 6.09. The smallest absolute Gasteiger partial charge is 0.0506 e. The van der Waals surface area contributed by atoms with Crippen LogP contribution < -0.4 is 0 Å². The van der Waals surface area contributed by atoms with Gasteiger partial charge in [-0.2, -0.15) is 0 Å². The summed E-state index contributed by atoms with van der Waals surface area (Å²) >= 11 is 0. The van der Waals surface area contributed by atoms with Crippen molar-refractivity contribution >= 4 is 38.8 Å². The van der Waals surface area contributed by atoms with Gasteiger partial charge in [0.05, 0.1) is 5.52 Å². The van der Waals surface area contributed by atoms with E-state index in [9.17, 15) is 0 Å². The van der Waals surface area contributed by atoms with Crippen molar-refractivity contribution in [2.75, 3.05) is 0 Å². The number of allylic oxidation sites excluding steroid dienone is 1. The average Bonchev–Trinajstić information content (AvgIpc) is 3.35. The minimum atomic E-state index is 0.00138. The maximum Gasteiger partial charge on any atom is 0.0506 e. The number of aromatic nitrogens is 2. The van der Waals surface area contributed by atoms with E-state index in [1.54, 1.807) is 0 Å². The van der Waals surface area contributed by atoms with Gasteiger partial charge in [0.15, 0.2) is 0 Å². The minimum Gasteiger partial charge on any atom is -0.358 e. The summed E-state index contributed by atoms with van der Waals surface area (Å²) in [6.07, 6.45) is 4.88. The summed E-state index contributed by atoms with van der Waals surface area (Å²) in [5.74, 6) is 0.821. The second-order valence-electron chi connectivity index (χ2n) is 10.9. The molecule has 7 rings (SSSR count). The normalized spacial score (nSPS) is 22.8. The van der Waals surface area contributed by atoms with Crippen LogP contribution in [0.1, 0.15) is 56.0 Å². The Morgan fingerprint density at radius 3 is 2.16 bits per heavy atom. The third-order valence-corrected chi connectivity index (χ3v) is 8.55. The first-order chi connectivity index (χ1) is 15.4. The lowest BCUT2D eigenvalue weighted by molar-refractivity contribution is 0.211. The summed E-state index contributed by atoms with van der Waals surface area (Å²) in [6.45, 7) is 9.78. The van der Waals surface area contributed by atoms with Crippen LogP contribution in [0.3, 0.4) is 0 Å². The monoisotopic (exact) mass is 416 g/mol. The molecular weight excluding hydrogens is 388 g/mol. The van der Waals surface area contributed by atoms with E-state index >= 15 is 0 Å². The Bertz CT molecular complexity index is 1590. The number of aromatic amines is 2. The molecule has 2 unspecified atom stereocenters. The zero-order valence-electron chi connectivity index (χ0n) is 19.1. The summed E-state index contributed by atoms with van der Waals surface area (Å²) in [5.41, 5.74) is 9.53. The van der Waals surface area contributed by atoms with Crippen LogP contribution in [0.5, 0.6) is 0 Å². The third-order valence-electron chi connectivity index (χ3n) is 8.55. The van der Waals surface area contributed by atoms with E-state index in [1.165, 1.54) is 55.1 Å². The first kappa shape index (κ1) is 18.3. The first-order valence-electron chi connectivity index (χ1n) is 11.7. The number of hydrogen-bond acceptors (Lipinski definition) is 0. The number of fused-ring (bicyclic) bond motifs is 10. The molecule has 2 atom stereocenters. The fraction of sp³-hybridized carbons (Fsp3) is 0.267. The molecule has 2 heterocycles. The molecule has 2 aromatic heterocycles. The van der Waals surface area contributed by atoms with E-state index in [1.807, 2.05) is 0 Å². The zero-order chi connectivity index (χ0) is 21.8. The number of hydrogen-bond donors (Lipinski definition) is 2. The van der Waals surface area contributed by atoms with Gasteiger partial charge < -0.3 is 9.97 Å². The number of para-hydroxylation sites is 2. The highest BCUT2D eigenvalue weighted by atomic mass is 14.8. The van der Waals surface area contributed by atoms with Crippen LogP contribution in [0.4, 0.5) is 0 Å². The van der Waals surface area contributed by atoms with Gasteiger partial charge in [-0.25, -0.2) is 0 Å². The van der Waals surface area contributed by atoms with Gasteiger partial charge in [-0.05, 0) is 40.0 Å². The van der Waals surface area contributed by atoms with Gasteiger partial charge in [-0.1, -0.05) is 88.4 Å². The molecule has 32 heavy (non-hydrogen) atoms. The summed E-state index contributed by atoms with van der Waals surface area (Å²) < 4.78 is 0.